The molecule has 3 aliphatic rings. The summed E-state index contributed by atoms with van der Waals surface area (Å²) in [6.45, 7) is 6.16. The highest BCUT2D eigenvalue weighted by Gasteiger charge is 2.36. The molecule has 0 bridgehead atoms. The first-order valence-electron chi connectivity index (χ1n) is 13.0. The van der Waals surface area contributed by atoms with Gasteiger partial charge < -0.3 is 19.9 Å². The van der Waals surface area contributed by atoms with Gasteiger partial charge in [-0.05, 0) is 37.3 Å². The minimum atomic E-state index is -0.641. The second-order valence-electron chi connectivity index (χ2n) is 10.1. The number of aromatic nitrogens is 2. The molecule has 200 valence electrons. The normalized spacial score (nSPS) is 23.2. The number of anilines is 1. The lowest BCUT2D eigenvalue weighted by atomic mass is 9.95. The summed E-state index contributed by atoms with van der Waals surface area (Å²) in [5.74, 6) is 5.42. The van der Waals surface area contributed by atoms with Gasteiger partial charge in [0.1, 0.15) is 24.1 Å². The van der Waals surface area contributed by atoms with E-state index in [-0.39, 0.29) is 24.0 Å². The minimum Gasteiger partial charge on any atom is -0.381 e. The Morgan fingerprint density at radius 1 is 1.27 bits per heavy atom. The van der Waals surface area contributed by atoms with E-state index in [1.807, 2.05) is 4.90 Å². The van der Waals surface area contributed by atoms with Crippen LogP contribution in [0.2, 0.25) is 5.02 Å². The van der Waals surface area contributed by atoms with Crippen LogP contribution in [0.3, 0.4) is 0 Å². The van der Waals surface area contributed by atoms with Gasteiger partial charge in [0, 0.05) is 68.1 Å². The monoisotopic (exact) mass is 532 g/mol. The van der Waals surface area contributed by atoms with Crippen molar-refractivity contribution in [2.45, 2.75) is 50.2 Å². The molecule has 3 atom stereocenters. The molecule has 37 heavy (non-hydrogen) atoms. The average Bonchev–Trinajstić information content (AvgIpc) is 3.26. The quantitative estimate of drug-likeness (QED) is 0.524. The van der Waals surface area contributed by atoms with Crippen molar-refractivity contribution >= 4 is 23.3 Å². The second-order valence-corrected chi connectivity index (χ2v) is 10.5. The Balaban J connectivity index is 1.30. The predicted molar refractivity (Wildman–Crippen MR) is 138 cm³/mol. The van der Waals surface area contributed by atoms with Crippen LogP contribution in [-0.4, -0.2) is 72.8 Å². The van der Waals surface area contributed by atoms with Crippen LogP contribution < -0.4 is 16.1 Å². The van der Waals surface area contributed by atoms with E-state index in [4.69, 9.17) is 27.1 Å². The molecule has 2 aliphatic heterocycles. The maximum atomic E-state index is 15.0. The zero-order valence-electron chi connectivity index (χ0n) is 21.0. The first-order chi connectivity index (χ1) is 18.0. The van der Waals surface area contributed by atoms with Crippen LogP contribution >= 0.6 is 11.6 Å². The molecule has 2 saturated heterocycles. The van der Waals surface area contributed by atoms with E-state index in [1.165, 1.54) is 6.07 Å². The van der Waals surface area contributed by atoms with E-state index >= 15 is 0 Å². The maximum absolute atomic E-state index is 15.0. The van der Waals surface area contributed by atoms with Crippen LogP contribution in [0.25, 0.3) is 0 Å². The number of nitrogens with two attached hydrogens (primary N) is 1. The van der Waals surface area contributed by atoms with Crippen molar-refractivity contribution < 1.29 is 18.8 Å². The Hall–Kier alpha value is -2.37. The second kappa shape index (κ2) is 11.6. The summed E-state index contributed by atoms with van der Waals surface area (Å²) in [6, 6.07) is 4.80. The van der Waals surface area contributed by atoms with Crippen molar-refractivity contribution in [3.05, 3.63) is 52.2 Å². The van der Waals surface area contributed by atoms with Crippen molar-refractivity contribution in [3.63, 3.8) is 0 Å². The fourth-order valence-corrected chi connectivity index (χ4v) is 5.87. The number of amides is 1. The molecule has 1 amide bonds. The summed E-state index contributed by atoms with van der Waals surface area (Å²) < 4.78 is 20.4. The molecule has 2 fully saturated rings. The molecule has 0 radical (unpaired) electrons. The molecule has 9 nitrogen and oxygen atoms in total. The van der Waals surface area contributed by atoms with Crippen LogP contribution in [0.15, 0.2) is 24.5 Å². The smallest absolute Gasteiger partial charge is 0.231 e. The van der Waals surface area contributed by atoms with Gasteiger partial charge in [-0.2, -0.15) is 0 Å². The molecule has 1 aromatic heterocycles. The Morgan fingerprint density at radius 2 is 2.03 bits per heavy atom. The third-order valence-electron chi connectivity index (χ3n) is 7.78. The number of carbonyl (C=O) groups is 1. The van der Waals surface area contributed by atoms with Gasteiger partial charge in [-0.3, -0.25) is 9.63 Å². The molecule has 2 aromatic rings. The van der Waals surface area contributed by atoms with Crippen LogP contribution in [0, 0.1) is 5.82 Å². The number of nitrogens with one attached hydrogen (secondary N) is 1. The van der Waals surface area contributed by atoms with E-state index in [0.29, 0.717) is 56.5 Å². The Bertz CT molecular complexity index is 1110. The topological polar surface area (TPSA) is 106 Å². The Kier molecular flexibility index (Phi) is 8.21. The van der Waals surface area contributed by atoms with Crippen molar-refractivity contribution in [1.82, 2.24) is 20.2 Å². The standard InChI is InChI=1S/C26H34ClFN6O3/c1-16-12-22(37-29)24-23(16)25(32-15-31-24)33-6-8-34(9-7-33)26(35)20(14-30-18-4-10-36-11-5-18)19-3-2-17(27)13-21(19)28/h2-3,13,15-16,18,20,22,30H,4-12,14,29H2,1H3/t16-,20-,22-/m1/s1. The molecule has 1 aromatic carbocycles. The highest BCUT2D eigenvalue weighted by atomic mass is 35.5. The number of fused-ring (bicyclic) bond motifs is 1. The third kappa shape index (κ3) is 5.58. The number of benzene rings is 1. The third-order valence-corrected chi connectivity index (χ3v) is 8.02. The summed E-state index contributed by atoms with van der Waals surface area (Å²) in [5.41, 5.74) is 2.28. The van der Waals surface area contributed by atoms with Crippen molar-refractivity contribution in [3.8, 4) is 0 Å². The summed E-state index contributed by atoms with van der Waals surface area (Å²) in [4.78, 5) is 31.9. The van der Waals surface area contributed by atoms with Gasteiger partial charge >= 0.3 is 0 Å². The van der Waals surface area contributed by atoms with Gasteiger partial charge in [-0.25, -0.2) is 20.3 Å². The first kappa shape index (κ1) is 26.2. The molecule has 0 saturated carbocycles. The zero-order valence-corrected chi connectivity index (χ0v) is 21.8. The molecule has 0 spiro atoms. The fraction of sp³-hybridized carbons (Fsp3) is 0.577. The van der Waals surface area contributed by atoms with Crippen molar-refractivity contribution in [2.24, 2.45) is 5.90 Å². The van der Waals surface area contributed by atoms with Crippen LogP contribution in [0.1, 0.15) is 60.9 Å². The molecule has 5 rings (SSSR count). The van der Waals surface area contributed by atoms with E-state index < -0.39 is 11.7 Å². The fourth-order valence-electron chi connectivity index (χ4n) is 5.71. The average molecular weight is 533 g/mol. The number of ether oxygens (including phenoxy) is 1. The van der Waals surface area contributed by atoms with E-state index in [1.54, 1.807) is 18.5 Å². The van der Waals surface area contributed by atoms with Gasteiger partial charge in [0.05, 0.1) is 11.6 Å². The Labute approximate surface area is 221 Å². The zero-order chi connectivity index (χ0) is 25.9. The lowest BCUT2D eigenvalue weighted by molar-refractivity contribution is -0.133. The van der Waals surface area contributed by atoms with Gasteiger partial charge in [-0.15, -0.1) is 0 Å². The molecule has 11 heteroatoms. The minimum absolute atomic E-state index is 0.0849. The maximum Gasteiger partial charge on any atom is 0.231 e. The number of nitrogens with zero attached hydrogens (tertiary/aromatic N) is 4. The number of hydrogen-bond acceptors (Lipinski definition) is 8. The summed E-state index contributed by atoms with van der Waals surface area (Å²) in [6.07, 6.45) is 3.84. The first-order valence-corrected chi connectivity index (χ1v) is 13.3. The van der Waals surface area contributed by atoms with E-state index in [0.717, 1.165) is 36.3 Å². The highest BCUT2D eigenvalue weighted by Crippen LogP contribution is 2.44. The molecular weight excluding hydrogens is 499 g/mol. The number of halogens is 2. The molecular formula is C26H34ClFN6O3. The lowest BCUT2D eigenvalue weighted by Crippen LogP contribution is -2.52. The Morgan fingerprint density at radius 3 is 2.73 bits per heavy atom. The van der Waals surface area contributed by atoms with Gasteiger partial charge in [0.25, 0.3) is 0 Å². The number of hydrogen-bond donors (Lipinski definition) is 2. The largest absolute Gasteiger partial charge is 0.381 e. The lowest BCUT2D eigenvalue weighted by Gasteiger charge is -2.38. The van der Waals surface area contributed by atoms with Crippen molar-refractivity contribution in [1.29, 1.82) is 0 Å². The summed E-state index contributed by atoms with van der Waals surface area (Å²) in [7, 11) is 0. The SMILES string of the molecule is C[C@@H]1C[C@@H](ON)c2ncnc(N3CCN(C(=O)[C@H](CNC4CCOCC4)c4ccc(Cl)cc4F)CC3)c21. The van der Waals surface area contributed by atoms with Gasteiger partial charge in [0.15, 0.2) is 0 Å². The van der Waals surface area contributed by atoms with Crippen molar-refractivity contribution in [2.75, 3.05) is 50.8 Å². The predicted octanol–water partition coefficient (Wildman–Crippen LogP) is 2.91. The molecule has 3 N–H and O–H groups in total. The van der Waals surface area contributed by atoms with E-state index in [9.17, 15) is 9.18 Å². The molecule has 3 heterocycles. The van der Waals surface area contributed by atoms with Crippen LogP contribution in [-0.2, 0) is 14.4 Å². The number of rotatable bonds is 7. The summed E-state index contributed by atoms with van der Waals surface area (Å²) >= 11 is 6.00. The van der Waals surface area contributed by atoms with Crippen LogP contribution in [0.4, 0.5) is 10.2 Å². The highest BCUT2D eigenvalue weighted by molar-refractivity contribution is 6.30. The molecule has 1 aliphatic carbocycles. The van der Waals surface area contributed by atoms with Gasteiger partial charge in [0.2, 0.25) is 5.91 Å². The summed E-state index contributed by atoms with van der Waals surface area (Å²) in [5, 5.41) is 3.80. The van der Waals surface area contributed by atoms with Crippen LogP contribution in [0.5, 0.6) is 0 Å². The number of carbonyl (C=O) groups excluding carboxylic acids is 1. The van der Waals surface area contributed by atoms with E-state index in [2.05, 4.69) is 27.1 Å². The molecule has 0 unspecified atom stereocenters. The number of piperazine rings is 1. The van der Waals surface area contributed by atoms with Gasteiger partial charge in [-0.1, -0.05) is 24.6 Å².